The Morgan fingerprint density at radius 1 is 1.03 bits per heavy atom. The Bertz CT molecular complexity index is 1080. The van der Waals surface area contributed by atoms with Gasteiger partial charge in [0, 0.05) is 35.1 Å². The van der Waals surface area contributed by atoms with Gasteiger partial charge in [-0.05, 0) is 56.0 Å². The molecule has 4 rings (SSSR count). The molecule has 2 aromatic heterocycles. The Kier molecular flexibility index (Phi) is 5.56. The molecule has 0 saturated heterocycles. The van der Waals surface area contributed by atoms with E-state index in [2.05, 4.69) is 15.2 Å². The van der Waals surface area contributed by atoms with Crippen LogP contribution in [0.4, 0.5) is 0 Å². The molecule has 152 valence electrons. The third kappa shape index (κ3) is 4.43. The monoisotopic (exact) mass is 432 g/mol. The zero-order chi connectivity index (χ0) is 20.4. The van der Waals surface area contributed by atoms with Crippen LogP contribution in [0.5, 0.6) is 5.88 Å². The number of benzene rings is 1. The van der Waals surface area contributed by atoms with Crippen LogP contribution >= 0.6 is 11.6 Å². The summed E-state index contributed by atoms with van der Waals surface area (Å²) in [6.45, 7) is 0. The molecule has 29 heavy (non-hydrogen) atoms. The summed E-state index contributed by atoms with van der Waals surface area (Å²) in [5.74, 6) is 1.38. The van der Waals surface area contributed by atoms with Crippen molar-refractivity contribution in [3.8, 4) is 11.6 Å². The van der Waals surface area contributed by atoms with E-state index >= 15 is 0 Å². The van der Waals surface area contributed by atoms with Gasteiger partial charge in [-0.2, -0.15) is 0 Å². The van der Waals surface area contributed by atoms with E-state index in [4.69, 9.17) is 16.3 Å². The van der Waals surface area contributed by atoms with E-state index in [1.54, 1.807) is 35.0 Å². The summed E-state index contributed by atoms with van der Waals surface area (Å²) >= 11 is 6.00. The number of sulfone groups is 1. The van der Waals surface area contributed by atoms with Gasteiger partial charge in [-0.15, -0.1) is 10.2 Å². The number of halogens is 1. The second kappa shape index (κ2) is 8.12. The molecule has 1 aliphatic carbocycles. The van der Waals surface area contributed by atoms with Gasteiger partial charge in [-0.1, -0.05) is 17.7 Å². The summed E-state index contributed by atoms with van der Waals surface area (Å²) in [7, 11) is -3.54. The Labute approximate surface area is 174 Å². The third-order valence-electron chi connectivity index (χ3n) is 5.04. The molecule has 1 fully saturated rings. The predicted octanol–water partition coefficient (Wildman–Crippen LogP) is 3.82. The molecule has 0 spiro atoms. The van der Waals surface area contributed by atoms with Gasteiger partial charge in [0.1, 0.15) is 11.9 Å². The predicted molar refractivity (Wildman–Crippen MR) is 109 cm³/mol. The fourth-order valence-corrected chi connectivity index (χ4v) is 4.49. The molecule has 9 heteroatoms. The normalized spacial score (nSPS) is 19.8. The highest BCUT2D eigenvalue weighted by atomic mass is 35.5. The minimum Gasteiger partial charge on any atom is -0.474 e. The first-order chi connectivity index (χ1) is 13.9. The van der Waals surface area contributed by atoms with E-state index in [9.17, 15) is 8.42 Å². The van der Waals surface area contributed by atoms with Gasteiger partial charge in [0.25, 0.3) is 5.16 Å². The van der Waals surface area contributed by atoms with E-state index in [0.29, 0.717) is 22.4 Å². The van der Waals surface area contributed by atoms with Crippen LogP contribution in [0, 0.1) is 0 Å². The number of hydrogen-bond donors (Lipinski definition) is 0. The summed E-state index contributed by atoms with van der Waals surface area (Å²) in [6.07, 6.45) is 6.27. The van der Waals surface area contributed by atoms with Gasteiger partial charge in [0.05, 0.1) is 0 Å². The molecule has 1 aliphatic rings. The van der Waals surface area contributed by atoms with Gasteiger partial charge in [-0.3, -0.25) is 4.57 Å². The molecule has 2 heterocycles. The van der Waals surface area contributed by atoms with Crippen LogP contribution in [0.3, 0.4) is 0 Å². The molecule has 0 amide bonds. The molecule has 0 N–H and O–H groups in total. The lowest BCUT2D eigenvalue weighted by Gasteiger charge is -2.28. The molecule has 0 atom stereocenters. The Balaban J connectivity index is 1.58. The molecule has 1 saturated carbocycles. The molecule has 0 bridgehead atoms. The number of nitrogens with zero attached hydrogens (tertiary/aromatic N) is 4. The molecular formula is C20H21ClN4O3S. The second-order valence-electron chi connectivity index (χ2n) is 7.18. The van der Waals surface area contributed by atoms with Crippen molar-refractivity contribution in [3.63, 3.8) is 0 Å². The average molecular weight is 433 g/mol. The maximum atomic E-state index is 12.3. The smallest absolute Gasteiger partial charge is 0.254 e. The van der Waals surface area contributed by atoms with E-state index in [1.165, 1.54) is 0 Å². The van der Waals surface area contributed by atoms with Crippen LogP contribution in [-0.4, -0.2) is 40.5 Å². The first-order valence-electron chi connectivity index (χ1n) is 9.41. The zero-order valence-corrected chi connectivity index (χ0v) is 17.5. The van der Waals surface area contributed by atoms with Crippen LogP contribution in [0.1, 0.15) is 37.4 Å². The van der Waals surface area contributed by atoms with Crippen molar-refractivity contribution in [2.75, 3.05) is 6.26 Å². The SMILES string of the molecule is CS(=O)(=O)c1nnc([C@H]2CC[C@H](Oc3ccccn3)CC2)n1-c1ccc(Cl)cc1. The van der Waals surface area contributed by atoms with Crippen molar-refractivity contribution in [3.05, 3.63) is 59.5 Å². The van der Waals surface area contributed by atoms with Crippen LogP contribution < -0.4 is 4.74 Å². The Morgan fingerprint density at radius 2 is 1.76 bits per heavy atom. The lowest BCUT2D eigenvalue weighted by molar-refractivity contribution is 0.139. The maximum absolute atomic E-state index is 12.3. The fourth-order valence-electron chi connectivity index (χ4n) is 3.64. The van der Waals surface area contributed by atoms with Crippen LogP contribution in [0.25, 0.3) is 5.69 Å². The van der Waals surface area contributed by atoms with Gasteiger partial charge in [0.2, 0.25) is 15.7 Å². The maximum Gasteiger partial charge on any atom is 0.254 e. The largest absolute Gasteiger partial charge is 0.474 e. The molecule has 0 unspecified atom stereocenters. The highest BCUT2D eigenvalue weighted by Crippen LogP contribution is 2.35. The number of aromatic nitrogens is 4. The third-order valence-corrected chi connectivity index (χ3v) is 6.22. The molecule has 7 nitrogen and oxygen atoms in total. The molecule has 0 aliphatic heterocycles. The highest BCUT2D eigenvalue weighted by Gasteiger charge is 2.31. The molecule has 3 aromatic rings. The van der Waals surface area contributed by atoms with Crippen molar-refractivity contribution >= 4 is 21.4 Å². The van der Waals surface area contributed by atoms with Crippen LogP contribution in [0.2, 0.25) is 5.02 Å². The summed E-state index contributed by atoms with van der Waals surface area (Å²) < 4.78 is 32.1. The van der Waals surface area contributed by atoms with Gasteiger partial charge in [0.15, 0.2) is 0 Å². The van der Waals surface area contributed by atoms with Crippen LogP contribution in [0.15, 0.2) is 53.8 Å². The number of hydrogen-bond acceptors (Lipinski definition) is 6. The minimum atomic E-state index is -3.54. The summed E-state index contributed by atoms with van der Waals surface area (Å²) in [6, 6.07) is 12.6. The van der Waals surface area contributed by atoms with Crippen molar-refractivity contribution in [1.29, 1.82) is 0 Å². The number of ether oxygens (including phenoxy) is 1. The lowest BCUT2D eigenvalue weighted by atomic mass is 9.86. The van der Waals surface area contributed by atoms with E-state index in [0.717, 1.165) is 31.9 Å². The van der Waals surface area contributed by atoms with Crippen LogP contribution in [-0.2, 0) is 9.84 Å². The number of pyridine rings is 1. The van der Waals surface area contributed by atoms with Gasteiger partial charge in [-0.25, -0.2) is 13.4 Å². The first-order valence-corrected chi connectivity index (χ1v) is 11.7. The van der Waals surface area contributed by atoms with Crippen molar-refractivity contribution in [1.82, 2.24) is 19.7 Å². The first kappa shape index (κ1) is 19.8. The van der Waals surface area contributed by atoms with Gasteiger partial charge >= 0.3 is 0 Å². The average Bonchev–Trinajstić information content (AvgIpc) is 3.16. The van der Waals surface area contributed by atoms with E-state index in [-0.39, 0.29) is 17.2 Å². The summed E-state index contributed by atoms with van der Waals surface area (Å²) in [5.41, 5.74) is 0.682. The van der Waals surface area contributed by atoms with E-state index < -0.39 is 9.84 Å². The summed E-state index contributed by atoms with van der Waals surface area (Å²) in [5, 5.41) is 8.79. The van der Waals surface area contributed by atoms with Crippen molar-refractivity contribution in [2.45, 2.75) is 42.9 Å². The second-order valence-corrected chi connectivity index (χ2v) is 9.53. The minimum absolute atomic E-state index is 0.0540. The molecule has 0 radical (unpaired) electrons. The Hall–Kier alpha value is -2.45. The van der Waals surface area contributed by atoms with E-state index in [1.807, 2.05) is 18.2 Å². The van der Waals surface area contributed by atoms with Crippen molar-refractivity contribution < 1.29 is 13.2 Å². The standard InChI is InChI=1S/C20H21ClN4O3S/c1-29(26,27)20-24-23-19(25(20)16-9-7-15(21)8-10-16)14-5-11-17(12-6-14)28-18-4-2-3-13-22-18/h2-4,7-10,13-14,17H,5-6,11-12H2,1H3/t14-,17-. The summed E-state index contributed by atoms with van der Waals surface area (Å²) in [4.78, 5) is 4.22. The topological polar surface area (TPSA) is 87.0 Å². The quantitative estimate of drug-likeness (QED) is 0.609. The molecule has 1 aromatic carbocycles. The highest BCUT2D eigenvalue weighted by molar-refractivity contribution is 7.90. The fraction of sp³-hybridized carbons (Fsp3) is 0.350. The number of rotatable bonds is 5. The lowest BCUT2D eigenvalue weighted by Crippen LogP contribution is -2.25. The Morgan fingerprint density at radius 3 is 2.38 bits per heavy atom. The zero-order valence-electron chi connectivity index (χ0n) is 15.9. The molecular weight excluding hydrogens is 412 g/mol. The van der Waals surface area contributed by atoms with Gasteiger partial charge < -0.3 is 4.74 Å². The van der Waals surface area contributed by atoms with Crippen molar-refractivity contribution in [2.24, 2.45) is 0 Å².